The number of aryl methyl sites for hydroxylation is 1. The lowest BCUT2D eigenvalue weighted by molar-refractivity contribution is -0.125. The fraction of sp³-hybridized carbons (Fsp3) is 0.750. The fourth-order valence-electron chi connectivity index (χ4n) is 3.09. The van der Waals surface area contributed by atoms with Crippen molar-refractivity contribution in [3.8, 4) is 0 Å². The van der Waals surface area contributed by atoms with Crippen LogP contribution in [-0.2, 0) is 11.2 Å². The van der Waals surface area contributed by atoms with Gasteiger partial charge in [-0.1, -0.05) is 0 Å². The summed E-state index contributed by atoms with van der Waals surface area (Å²) in [7, 11) is 6.34. The van der Waals surface area contributed by atoms with Gasteiger partial charge in [0, 0.05) is 31.1 Å². The van der Waals surface area contributed by atoms with Gasteiger partial charge < -0.3 is 20.9 Å². The lowest BCUT2D eigenvalue weighted by Gasteiger charge is -2.25. The summed E-state index contributed by atoms with van der Waals surface area (Å²) in [6, 6.07) is 0.535. The quantitative estimate of drug-likeness (QED) is 0.758. The van der Waals surface area contributed by atoms with Gasteiger partial charge in [0.2, 0.25) is 5.91 Å². The highest BCUT2D eigenvalue weighted by molar-refractivity contribution is 7.13. The summed E-state index contributed by atoms with van der Waals surface area (Å²) in [4.78, 5) is 21.2. The Balaban J connectivity index is 1.72. The molecular formula is C16H29N5OS. The maximum absolute atomic E-state index is 12.4. The smallest absolute Gasteiger partial charge is 0.224 e. The maximum Gasteiger partial charge on any atom is 0.224 e. The minimum Gasteiger partial charge on any atom is -0.375 e. The monoisotopic (exact) mass is 339 g/mol. The van der Waals surface area contributed by atoms with Crippen molar-refractivity contribution in [1.82, 2.24) is 20.1 Å². The third kappa shape index (κ3) is 5.75. The Morgan fingerprint density at radius 2 is 2.26 bits per heavy atom. The van der Waals surface area contributed by atoms with Gasteiger partial charge in [-0.15, -0.1) is 11.3 Å². The highest BCUT2D eigenvalue weighted by Crippen LogP contribution is 2.18. The number of carbonyl (C=O) groups is 1. The summed E-state index contributed by atoms with van der Waals surface area (Å²) in [5.41, 5.74) is 6.64. The number of nitrogen functional groups attached to an aromatic ring is 1. The normalized spacial score (nSPS) is 23.0. The molecule has 1 aliphatic heterocycles. The largest absolute Gasteiger partial charge is 0.375 e. The molecule has 6 nitrogen and oxygen atoms in total. The Morgan fingerprint density at radius 1 is 1.48 bits per heavy atom. The number of anilines is 1. The molecule has 23 heavy (non-hydrogen) atoms. The second kappa shape index (κ2) is 8.61. The van der Waals surface area contributed by atoms with Crippen LogP contribution in [0.25, 0.3) is 0 Å². The third-order valence-electron chi connectivity index (χ3n) is 4.48. The number of amides is 1. The van der Waals surface area contributed by atoms with Crippen molar-refractivity contribution in [3.05, 3.63) is 11.1 Å². The first-order chi connectivity index (χ1) is 11.0. The van der Waals surface area contributed by atoms with E-state index in [2.05, 4.69) is 41.2 Å². The molecule has 0 saturated carbocycles. The van der Waals surface area contributed by atoms with Crippen molar-refractivity contribution in [2.75, 3.05) is 46.5 Å². The zero-order valence-corrected chi connectivity index (χ0v) is 15.2. The predicted octanol–water partition coefficient (Wildman–Crippen LogP) is 1.05. The number of likely N-dealkylation sites (tertiary alicyclic amines) is 1. The van der Waals surface area contributed by atoms with E-state index in [0.717, 1.165) is 44.5 Å². The maximum atomic E-state index is 12.4. The average Bonchev–Trinajstić information content (AvgIpc) is 2.79. The Kier molecular flexibility index (Phi) is 6.80. The average molecular weight is 340 g/mol. The van der Waals surface area contributed by atoms with E-state index in [4.69, 9.17) is 5.73 Å². The number of hydrogen-bond acceptors (Lipinski definition) is 6. The number of rotatable bonds is 6. The number of hydrogen-bond donors (Lipinski definition) is 2. The van der Waals surface area contributed by atoms with Crippen LogP contribution in [0.4, 0.5) is 5.13 Å². The molecule has 0 aromatic carbocycles. The summed E-state index contributed by atoms with van der Waals surface area (Å²) in [5, 5.41) is 5.68. The van der Waals surface area contributed by atoms with Gasteiger partial charge in [0.05, 0.1) is 11.6 Å². The van der Waals surface area contributed by atoms with Crippen molar-refractivity contribution in [2.24, 2.45) is 5.92 Å². The van der Waals surface area contributed by atoms with Crippen LogP contribution in [0.5, 0.6) is 0 Å². The summed E-state index contributed by atoms with van der Waals surface area (Å²) >= 11 is 1.47. The number of aromatic nitrogens is 1. The third-order valence-corrected chi connectivity index (χ3v) is 5.21. The molecule has 2 rings (SSSR count). The standard InChI is InChI=1S/C16H29N5OS/c1-20(2)14-7-6-12(9-21(3)10-14)15(22)18-8-4-5-13-11-23-16(17)19-13/h11-12,14H,4-10H2,1-3H3,(H2,17,19)(H,18,22)/t12-,14+/m1/s1. The van der Waals surface area contributed by atoms with Gasteiger partial charge in [-0.2, -0.15) is 0 Å². The molecule has 1 aromatic rings. The van der Waals surface area contributed by atoms with Crippen LogP contribution in [-0.4, -0.2) is 67.5 Å². The van der Waals surface area contributed by atoms with E-state index < -0.39 is 0 Å². The molecule has 1 fully saturated rings. The van der Waals surface area contributed by atoms with Crippen LogP contribution in [0.15, 0.2) is 5.38 Å². The summed E-state index contributed by atoms with van der Waals surface area (Å²) in [6.07, 6.45) is 3.80. The van der Waals surface area contributed by atoms with E-state index in [9.17, 15) is 4.79 Å². The van der Waals surface area contributed by atoms with Gasteiger partial charge in [0.1, 0.15) is 0 Å². The van der Waals surface area contributed by atoms with Crippen LogP contribution in [0.1, 0.15) is 25.0 Å². The topological polar surface area (TPSA) is 74.5 Å². The van der Waals surface area contributed by atoms with Gasteiger partial charge in [0.15, 0.2) is 5.13 Å². The lowest BCUT2D eigenvalue weighted by atomic mass is 10.0. The van der Waals surface area contributed by atoms with Gasteiger partial charge >= 0.3 is 0 Å². The predicted molar refractivity (Wildman–Crippen MR) is 95.6 cm³/mol. The Morgan fingerprint density at radius 3 is 2.91 bits per heavy atom. The molecule has 1 saturated heterocycles. The van der Waals surface area contributed by atoms with E-state index in [1.54, 1.807) is 0 Å². The zero-order chi connectivity index (χ0) is 16.8. The zero-order valence-electron chi connectivity index (χ0n) is 14.4. The van der Waals surface area contributed by atoms with Crippen LogP contribution in [0.3, 0.4) is 0 Å². The molecule has 2 atom stereocenters. The molecule has 0 spiro atoms. The molecule has 0 aliphatic carbocycles. The lowest BCUT2D eigenvalue weighted by Crippen LogP contribution is -2.39. The minimum absolute atomic E-state index is 0.0971. The van der Waals surface area contributed by atoms with Crippen molar-refractivity contribution >= 4 is 22.4 Å². The van der Waals surface area contributed by atoms with Crippen LogP contribution < -0.4 is 11.1 Å². The van der Waals surface area contributed by atoms with E-state index in [0.29, 0.717) is 17.7 Å². The van der Waals surface area contributed by atoms with E-state index in [1.165, 1.54) is 11.3 Å². The van der Waals surface area contributed by atoms with Crippen molar-refractivity contribution in [2.45, 2.75) is 31.7 Å². The molecule has 0 bridgehead atoms. The summed E-state index contributed by atoms with van der Waals surface area (Å²) < 4.78 is 0. The molecular weight excluding hydrogens is 310 g/mol. The first-order valence-corrected chi connectivity index (χ1v) is 9.16. The Hall–Kier alpha value is -1.18. The van der Waals surface area contributed by atoms with Crippen LogP contribution in [0, 0.1) is 5.92 Å². The first-order valence-electron chi connectivity index (χ1n) is 8.28. The first kappa shape index (κ1) is 18.2. The molecule has 1 aromatic heterocycles. The Labute approximate surface area is 143 Å². The second-order valence-electron chi connectivity index (χ2n) is 6.68. The minimum atomic E-state index is 0.0971. The second-order valence-corrected chi connectivity index (χ2v) is 7.57. The molecule has 3 N–H and O–H groups in total. The molecule has 2 heterocycles. The van der Waals surface area contributed by atoms with Gasteiger partial charge in [0.25, 0.3) is 0 Å². The highest BCUT2D eigenvalue weighted by Gasteiger charge is 2.27. The molecule has 1 aliphatic rings. The van der Waals surface area contributed by atoms with Crippen molar-refractivity contribution < 1.29 is 4.79 Å². The SMILES string of the molecule is CN1C[C@H](C(=O)NCCCc2csc(N)n2)CC[C@H](N(C)C)C1. The van der Waals surface area contributed by atoms with Gasteiger partial charge in [-0.05, 0) is 46.8 Å². The van der Waals surface area contributed by atoms with Gasteiger partial charge in [-0.3, -0.25) is 4.79 Å². The number of nitrogens with one attached hydrogen (secondary N) is 1. The Bertz CT molecular complexity index is 504. The molecule has 0 unspecified atom stereocenters. The highest BCUT2D eigenvalue weighted by atomic mass is 32.1. The number of nitrogens with two attached hydrogens (primary N) is 1. The number of nitrogens with zero attached hydrogens (tertiary/aromatic N) is 3. The molecule has 7 heteroatoms. The molecule has 1 amide bonds. The summed E-state index contributed by atoms with van der Waals surface area (Å²) in [6.45, 7) is 2.58. The van der Waals surface area contributed by atoms with E-state index >= 15 is 0 Å². The van der Waals surface area contributed by atoms with E-state index in [1.807, 2.05) is 5.38 Å². The number of carbonyl (C=O) groups excluding carboxylic acids is 1. The molecule has 0 radical (unpaired) electrons. The van der Waals surface area contributed by atoms with Crippen molar-refractivity contribution in [1.29, 1.82) is 0 Å². The van der Waals surface area contributed by atoms with Gasteiger partial charge in [-0.25, -0.2) is 4.98 Å². The fourth-order valence-corrected chi connectivity index (χ4v) is 3.68. The number of thiazole rings is 1. The van der Waals surface area contributed by atoms with Crippen LogP contribution >= 0.6 is 11.3 Å². The van der Waals surface area contributed by atoms with E-state index in [-0.39, 0.29) is 11.8 Å². The number of likely N-dealkylation sites (N-methyl/N-ethyl adjacent to an activating group) is 2. The van der Waals surface area contributed by atoms with Crippen LogP contribution in [0.2, 0.25) is 0 Å². The molecule has 130 valence electrons. The summed E-state index contributed by atoms with van der Waals surface area (Å²) in [5.74, 6) is 0.286. The van der Waals surface area contributed by atoms with Crippen molar-refractivity contribution in [3.63, 3.8) is 0 Å².